The van der Waals surface area contributed by atoms with Gasteiger partial charge < -0.3 is 13.9 Å². The highest BCUT2D eigenvalue weighted by atomic mass is 28.4. The average molecular weight is 597 g/mol. The van der Waals surface area contributed by atoms with E-state index in [-0.39, 0.29) is 34.5 Å². The van der Waals surface area contributed by atoms with Crippen LogP contribution in [0.5, 0.6) is 11.5 Å². The van der Waals surface area contributed by atoms with Gasteiger partial charge in [0.25, 0.3) is 0 Å². The Hall–Kier alpha value is -3.26. The summed E-state index contributed by atoms with van der Waals surface area (Å²) in [6.45, 7) is 12.9. The molecule has 224 valence electrons. The lowest BCUT2D eigenvalue weighted by atomic mass is 9.91. The van der Waals surface area contributed by atoms with Gasteiger partial charge in [-0.1, -0.05) is 51.1 Å². The zero-order valence-corrected chi connectivity index (χ0v) is 26.1. The largest absolute Gasteiger partial charge is 0.544 e. The van der Waals surface area contributed by atoms with Crippen LogP contribution in [-0.2, 0) is 22.1 Å². The molecule has 3 aromatic rings. The summed E-state index contributed by atoms with van der Waals surface area (Å²) in [5.41, 5.74) is 2.63. The molecule has 0 spiro atoms. The van der Waals surface area contributed by atoms with Gasteiger partial charge in [0.1, 0.15) is 17.6 Å². The van der Waals surface area contributed by atoms with Gasteiger partial charge in [0, 0.05) is 0 Å². The van der Waals surface area contributed by atoms with E-state index in [4.69, 9.17) is 13.9 Å². The highest BCUT2D eigenvalue weighted by molar-refractivity contribution is 6.74. The molecule has 1 saturated carbocycles. The number of carbonyl (C=O) groups excluding carboxylic acids is 1. The van der Waals surface area contributed by atoms with E-state index in [1.165, 1.54) is 6.07 Å². The monoisotopic (exact) mass is 596 g/mol. The number of carbonyl (C=O) groups is 1. The van der Waals surface area contributed by atoms with Crippen molar-refractivity contribution >= 4 is 14.3 Å². The minimum atomic E-state index is -4.49. The molecule has 0 heterocycles. The molecule has 2 aliphatic carbocycles. The summed E-state index contributed by atoms with van der Waals surface area (Å²) in [4.78, 5) is 12.0. The van der Waals surface area contributed by atoms with Gasteiger partial charge in [0.05, 0.1) is 18.1 Å². The summed E-state index contributed by atoms with van der Waals surface area (Å²) in [7, 11) is -2.08. The number of rotatable bonds is 8. The van der Waals surface area contributed by atoms with Crippen molar-refractivity contribution < 1.29 is 31.9 Å². The van der Waals surface area contributed by atoms with Crippen molar-refractivity contribution in [1.29, 1.82) is 0 Å². The third-order valence-electron chi connectivity index (χ3n) is 8.95. The van der Waals surface area contributed by atoms with Crippen LogP contribution in [0.2, 0.25) is 18.1 Å². The first-order valence-corrected chi connectivity index (χ1v) is 17.6. The van der Waals surface area contributed by atoms with Crippen LogP contribution >= 0.6 is 0 Å². The van der Waals surface area contributed by atoms with Gasteiger partial charge in [-0.15, -0.1) is 0 Å². The molecule has 8 heteroatoms. The van der Waals surface area contributed by atoms with Crippen molar-refractivity contribution in [2.75, 3.05) is 6.61 Å². The average Bonchev–Trinajstić information content (AvgIpc) is 3.62. The van der Waals surface area contributed by atoms with Gasteiger partial charge >= 0.3 is 12.1 Å². The number of esters is 1. The molecule has 0 radical (unpaired) electrons. The minimum absolute atomic E-state index is 0.00761. The van der Waals surface area contributed by atoms with Gasteiger partial charge in [-0.3, -0.25) is 4.79 Å². The van der Waals surface area contributed by atoms with Gasteiger partial charge in [-0.05, 0) is 108 Å². The third kappa shape index (κ3) is 6.09. The van der Waals surface area contributed by atoms with Crippen LogP contribution in [0.4, 0.5) is 13.2 Å². The molecule has 0 bridgehead atoms. The van der Waals surface area contributed by atoms with E-state index in [1.54, 1.807) is 37.3 Å². The summed E-state index contributed by atoms with van der Waals surface area (Å²) in [5.74, 6) is 1.24. The zero-order chi connectivity index (χ0) is 30.4. The maximum atomic E-state index is 14.2. The molecule has 3 atom stereocenters. The van der Waals surface area contributed by atoms with E-state index in [9.17, 15) is 18.0 Å². The normalized spacial score (nSPS) is 20.2. The molecule has 5 rings (SSSR count). The maximum absolute atomic E-state index is 14.2. The van der Waals surface area contributed by atoms with E-state index >= 15 is 0 Å². The minimum Gasteiger partial charge on any atom is -0.544 e. The fraction of sp³-hybridized carbons (Fsp3) is 0.441. The van der Waals surface area contributed by atoms with E-state index in [0.717, 1.165) is 17.5 Å². The Kier molecular flexibility index (Phi) is 7.98. The third-order valence-corrected chi connectivity index (χ3v) is 13.3. The lowest BCUT2D eigenvalue weighted by Gasteiger charge is -2.36. The van der Waals surface area contributed by atoms with Crippen LogP contribution in [0.3, 0.4) is 0 Å². The Morgan fingerprint density at radius 2 is 1.57 bits per heavy atom. The molecule has 0 aromatic heterocycles. The Morgan fingerprint density at radius 1 is 0.929 bits per heavy atom. The van der Waals surface area contributed by atoms with Crippen molar-refractivity contribution in [3.8, 4) is 22.6 Å². The van der Waals surface area contributed by atoms with Crippen molar-refractivity contribution in [3.05, 3.63) is 82.9 Å². The quantitative estimate of drug-likeness (QED) is 0.192. The molecular weight excluding hydrogens is 557 g/mol. The summed E-state index contributed by atoms with van der Waals surface area (Å²) in [6.07, 6.45) is -2.97. The summed E-state index contributed by atoms with van der Waals surface area (Å²) >= 11 is 0. The second kappa shape index (κ2) is 11.1. The smallest absolute Gasteiger partial charge is 0.417 e. The number of alkyl halides is 3. The molecule has 0 unspecified atom stereocenters. The van der Waals surface area contributed by atoms with E-state index < -0.39 is 20.1 Å². The van der Waals surface area contributed by atoms with Gasteiger partial charge in [-0.2, -0.15) is 13.2 Å². The van der Waals surface area contributed by atoms with E-state index in [2.05, 4.69) is 33.9 Å². The summed E-state index contributed by atoms with van der Waals surface area (Å²) in [6, 6.07) is 17.5. The van der Waals surface area contributed by atoms with E-state index in [1.807, 2.05) is 24.3 Å². The maximum Gasteiger partial charge on any atom is 0.417 e. The number of hydrogen-bond donors (Lipinski definition) is 0. The van der Waals surface area contributed by atoms with Crippen molar-refractivity contribution in [2.24, 2.45) is 5.92 Å². The molecule has 0 saturated heterocycles. The summed E-state index contributed by atoms with van der Waals surface area (Å²) in [5, 5.41) is 0.00761. The number of benzene rings is 3. The molecule has 2 aliphatic rings. The van der Waals surface area contributed by atoms with Crippen LogP contribution in [0.1, 0.15) is 74.8 Å². The van der Waals surface area contributed by atoms with Crippen LogP contribution in [0, 0.1) is 5.92 Å². The second-order valence-electron chi connectivity index (χ2n) is 12.9. The molecule has 4 nitrogen and oxygen atoms in total. The fourth-order valence-corrected chi connectivity index (χ4v) is 6.55. The lowest BCUT2D eigenvalue weighted by molar-refractivity contribution is -0.144. The Labute approximate surface area is 247 Å². The summed E-state index contributed by atoms with van der Waals surface area (Å²) < 4.78 is 60.5. The standard InChI is InChI=1S/C34H39F3O4Si/c1-7-39-32(38)28-20-27(28)21-8-12-23(13-9-21)40-30-19-17-26-25(30)16-18-29(34(35,36)37)31(26)22-10-14-24(15-11-22)41-42(5,6)33(2,3)4/h8-16,18,27-28,30H,7,17,19-20H2,1-6H3/t27-,28+,30-/m1/s1. The predicted molar refractivity (Wildman–Crippen MR) is 160 cm³/mol. The molecule has 42 heavy (non-hydrogen) atoms. The topological polar surface area (TPSA) is 44.8 Å². The first kappa shape index (κ1) is 30.2. The number of halogens is 3. The fourth-order valence-electron chi connectivity index (χ4n) is 5.52. The number of ether oxygens (including phenoxy) is 2. The molecule has 0 N–H and O–H groups in total. The first-order chi connectivity index (χ1) is 19.7. The SMILES string of the molecule is CCOC(=O)[C@H]1C[C@@H]1c1ccc(O[C@@H]2CCc3c2ccc(C(F)(F)F)c3-c2ccc(O[Si](C)(C)C(C)(C)C)cc2)cc1. The molecular formula is C34H39F3O4Si. The molecule has 0 aliphatic heterocycles. The lowest BCUT2D eigenvalue weighted by Crippen LogP contribution is -2.43. The Morgan fingerprint density at radius 3 is 2.17 bits per heavy atom. The zero-order valence-electron chi connectivity index (χ0n) is 25.1. The van der Waals surface area contributed by atoms with Crippen molar-refractivity contribution in [2.45, 2.75) is 83.3 Å². The van der Waals surface area contributed by atoms with Crippen molar-refractivity contribution in [1.82, 2.24) is 0 Å². The highest BCUT2D eigenvalue weighted by Crippen LogP contribution is 2.49. The number of fused-ring (bicyclic) bond motifs is 1. The molecule has 3 aromatic carbocycles. The van der Waals surface area contributed by atoms with E-state index in [0.29, 0.717) is 42.1 Å². The predicted octanol–water partition coefficient (Wildman–Crippen LogP) is 9.49. The van der Waals surface area contributed by atoms with Gasteiger partial charge in [0.15, 0.2) is 0 Å². The van der Waals surface area contributed by atoms with Crippen LogP contribution in [0.25, 0.3) is 11.1 Å². The first-order valence-electron chi connectivity index (χ1n) is 14.7. The van der Waals surface area contributed by atoms with Gasteiger partial charge in [-0.25, -0.2) is 0 Å². The second-order valence-corrected chi connectivity index (χ2v) is 17.6. The highest BCUT2D eigenvalue weighted by Gasteiger charge is 2.45. The molecule has 0 amide bonds. The van der Waals surface area contributed by atoms with Gasteiger partial charge in [0.2, 0.25) is 8.32 Å². The Bertz CT molecular complexity index is 1440. The van der Waals surface area contributed by atoms with Crippen molar-refractivity contribution in [3.63, 3.8) is 0 Å². The Balaban J connectivity index is 1.37. The molecule has 1 fully saturated rings. The number of hydrogen-bond acceptors (Lipinski definition) is 4. The van der Waals surface area contributed by atoms with Crippen LogP contribution in [-0.4, -0.2) is 20.9 Å². The van der Waals surface area contributed by atoms with Crippen LogP contribution < -0.4 is 9.16 Å². The van der Waals surface area contributed by atoms with Crippen LogP contribution in [0.15, 0.2) is 60.7 Å².